The van der Waals surface area contributed by atoms with Gasteiger partial charge in [0.1, 0.15) is 5.82 Å². The van der Waals surface area contributed by atoms with E-state index < -0.39 is 5.82 Å². The van der Waals surface area contributed by atoms with Crippen molar-refractivity contribution in [2.24, 2.45) is 0 Å². The molecule has 3 aromatic rings. The number of likely N-dealkylation sites (tertiary alicyclic amines) is 1. The van der Waals surface area contributed by atoms with Gasteiger partial charge >= 0.3 is 0 Å². The van der Waals surface area contributed by atoms with Crippen molar-refractivity contribution < 1.29 is 4.39 Å². The predicted molar refractivity (Wildman–Crippen MR) is 111 cm³/mol. The number of halogens is 2. The maximum Gasteiger partial charge on any atom is 0.277 e. The van der Waals surface area contributed by atoms with Crippen LogP contribution >= 0.6 is 11.6 Å². The van der Waals surface area contributed by atoms with E-state index >= 15 is 0 Å². The van der Waals surface area contributed by atoms with Crippen molar-refractivity contribution in [1.82, 2.24) is 14.7 Å². The minimum atomic E-state index is -0.484. The lowest BCUT2D eigenvalue weighted by atomic mass is 10.0. The topological polar surface area (TPSA) is 38.1 Å². The Balaban J connectivity index is 1.83. The van der Waals surface area contributed by atoms with Crippen molar-refractivity contribution in [3.8, 4) is 0 Å². The Hall–Kier alpha value is -2.24. The van der Waals surface area contributed by atoms with Crippen LogP contribution in [0.1, 0.15) is 36.6 Å². The lowest BCUT2D eigenvalue weighted by molar-refractivity contribution is 0.333. The third kappa shape index (κ3) is 3.82. The highest BCUT2D eigenvalue weighted by molar-refractivity contribution is 6.30. The highest BCUT2D eigenvalue weighted by Crippen LogP contribution is 2.24. The second kappa shape index (κ2) is 8.02. The van der Waals surface area contributed by atoms with E-state index in [1.165, 1.54) is 10.7 Å². The smallest absolute Gasteiger partial charge is 0.277 e. The van der Waals surface area contributed by atoms with Gasteiger partial charge in [0, 0.05) is 16.8 Å². The molecule has 0 saturated carbocycles. The third-order valence-electron chi connectivity index (χ3n) is 5.53. The molecule has 1 aliphatic rings. The molecule has 4 rings (SSSR count). The summed E-state index contributed by atoms with van der Waals surface area (Å²) < 4.78 is 16.2. The molecule has 4 nitrogen and oxygen atoms in total. The molecular formula is C22H23ClFN3O. The van der Waals surface area contributed by atoms with Crippen LogP contribution in [0.25, 0.3) is 10.8 Å². The van der Waals surface area contributed by atoms with E-state index in [2.05, 4.69) is 11.9 Å². The molecule has 0 amide bonds. The molecule has 2 aromatic carbocycles. The summed E-state index contributed by atoms with van der Waals surface area (Å²) in [6, 6.07) is 12.3. The fourth-order valence-corrected chi connectivity index (χ4v) is 4.09. The summed E-state index contributed by atoms with van der Waals surface area (Å²) >= 11 is 5.99. The summed E-state index contributed by atoms with van der Waals surface area (Å²) in [5.41, 5.74) is 1.41. The minimum absolute atomic E-state index is 0.00887. The van der Waals surface area contributed by atoms with E-state index in [1.807, 2.05) is 24.3 Å². The first-order chi connectivity index (χ1) is 13.5. The zero-order valence-electron chi connectivity index (χ0n) is 15.9. The lowest BCUT2D eigenvalue weighted by Crippen LogP contribution is -2.30. The number of aromatic nitrogens is 2. The van der Waals surface area contributed by atoms with Crippen LogP contribution in [0.5, 0.6) is 0 Å². The largest absolute Gasteiger partial charge is 0.306 e. The molecule has 1 aliphatic heterocycles. The lowest BCUT2D eigenvalue weighted by Gasteiger charge is -2.19. The summed E-state index contributed by atoms with van der Waals surface area (Å²) in [7, 11) is 2.09. The molecular weight excluding hydrogens is 377 g/mol. The van der Waals surface area contributed by atoms with Gasteiger partial charge in [-0.3, -0.25) is 4.79 Å². The van der Waals surface area contributed by atoms with Crippen LogP contribution in [-0.2, 0) is 6.42 Å². The van der Waals surface area contributed by atoms with E-state index in [1.54, 1.807) is 12.1 Å². The predicted octanol–water partition coefficient (Wildman–Crippen LogP) is 4.44. The van der Waals surface area contributed by atoms with Crippen LogP contribution in [0.3, 0.4) is 0 Å². The van der Waals surface area contributed by atoms with Gasteiger partial charge in [-0.2, -0.15) is 5.10 Å². The Morgan fingerprint density at radius 1 is 1.14 bits per heavy atom. The van der Waals surface area contributed by atoms with Crippen LogP contribution in [0.4, 0.5) is 4.39 Å². The molecule has 146 valence electrons. The van der Waals surface area contributed by atoms with Crippen molar-refractivity contribution in [1.29, 1.82) is 0 Å². The second-order valence-electron chi connectivity index (χ2n) is 7.55. The van der Waals surface area contributed by atoms with Gasteiger partial charge in [-0.25, -0.2) is 9.07 Å². The van der Waals surface area contributed by atoms with Gasteiger partial charge in [0.25, 0.3) is 5.56 Å². The van der Waals surface area contributed by atoms with E-state index in [4.69, 9.17) is 16.7 Å². The molecule has 1 unspecified atom stereocenters. The average Bonchev–Trinajstić information content (AvgIpc) is 2.90. The van der Waals surface area contributed by atoms with E-state index in [9.17, 15) is 9.18 Å². The van der Waals surface area contributed by atoms with Crippen molar-refractivity contribution in [3.63, 3.8) is 0 Å². The fraction of sp³-hybridized carbons (Fsp3) is 0.364. The van der Waals surface area contributed by atoms with Crippen LogP contribution in [0, 0.1) is 5.82 Å². The van der Waals surface area contributed by atoms with Crippen molar-refractivity contribution in [3.05, 3.63) is 74.9 Å². The van der Waals surface area contributed by atoms with Crippen LogP contribution in [0.15, 0.2) is 47.3 Å². The fourth-order valence-electron chi connectivity index (χ4n) is 3.97. The molecule has 1 fully saturated rings. The standard InChI is InChI=1S/C22H23ClFN3O/c1-26-12-3-4-17(11-13-26)27-22(28)21-18(5-2-6-19(21)24)20(25-27)14-15-7-9-16(23)10-8-15/h2,5-10,17H,3-4,11-14H2,1H3. The normalized spacial score (nSPS) is 18.3. The number of hydrogen-bond acceptors (Lipinski definition) is 3. The molecule has 28 heavy (non-hydrogen) atoms. The van der Waals surface area contributed by atoms with Crippen molar-refractivity contribution >= 4 is 22.4 Å². The average molecular weight is 400 g/mol. The summed E-state index contributed by atoms with van der Waals surface area (Å²) in [6.45, 7) is 1.91. The molecule has 0 N–H and O–H groups in total. The number of fused-ring (bicyclic) bond motifs is 1. The molecule has 0 spiro atoms. The number of benzene rings is 2. The summed E-state index contributed by atoms with van der Waals surface area (Å²) in [5.74, 6) is -0.484. The number of nitrogens with zero attached hydrogens (tertiary/aromatic N) is 3. The zero-order chi connectivity index (χ0) is 19.7. The van der Waals surface area contributed by atoms with Gasteiger partial charge < -0.3 is 4.90 Å². The second-order valence-corrected chi connectivity index (χ2v) is 7.99. The SMILES string of the molecule is CN1CCCC(n2nc(Cc3ccc(Cl)cc3)c3cccc(F)c3c2=O)CC1. The van der Waals surface area contributed by atoms with Gasteiger partial charge in [-0.1, -0.05) is 35.9 Å². The molecule has 1 atom stereocenters. The van der Waals surface area contributed by atoms with Gasteiger partial charge in [-0.05, 0) is 63.2 Å². The monoisotopic (exact) mass is 399 g/mol. The van der Waals surface area contributed by atoms with Gasteiger partial charge in [0.15, 0.2) is 0 Å². The van der Waals surface area contributed by atoms with E-state index in [-0.39, 0.29) is 17.0 Å². The van der Waals surface area contributed by atoms with Crippen LogP contribution in [-0.4, -0.2) is 34.8 Å². The highest BCUT2D eigenvalue weighted by Gasteiger charge is 2.22. The van der Waals surface area contributed by atoms with E-state index in [0.29, 0.717) is 22.5 Å². The Morgan fingerprint density at radius 3 is 2.71 bits per heavy atom. The first kappa shape index (κ1) is 19.1. The van der Waals surface area contributed by atoms with Crippen LogP contribution < -0.4 is 5.56 Å². The molecule has 2 heterocycles. The van der Waals surface area contributed by atoms with Crippen molar-refractivity contribution in [2.45, 2.75) is 31.7 Å². The Labute approximate surface area is 168 Å². The summed E-state index contributed by atoms with van der Waals surface area (Å²) in [5, 5.41) is 6.13. The van der Waals surface area contributed by atoms with Crippen molar-refractivity contribution in [2.75, 3.05) is 20.1 Å². The van der Waals surface area contributed by atoms with Gasteiger partial charge in [0.05, 0.1) is 17.1 Å². The first-order valence-corrected chi connectivity index (χ1v) is 10.0. The Morgan fingerprint density at radius 2 is 1.93 bits per heavy atom. The number of hydrogen-bond donors (Lipinski definition) is 0. The first-order valence-electron chi connectivity index (χ1n) is 9.66. The Bertz CT molecular complexity index is 1050. The summed E-state index contributed by atoms with van der Waals surface area (Å²) in [4.78, 5) is 15.4. The van der Waals surface area contributed by atoms with Gasteiger partial charge in [-0.15, -0.1) is 0 Å². The molecule has 6 heteroatoms. The van der Waals surface area contributed by atoms with Crippen LogP contribution in [0.2, 0.25) is 5.02 Å². The number of rotatable bonds is 3. The van der Waals surface area contributed by atoms with Gasteiger partial charge in [0.2, 0.25) is 0 Å². The summed E-state index contributed by atoms with van der Waals surface area (Å²) in [6.07, 6.45) is 3.22. The molecule has 0 aliphatic carbocycles. The molecule has 1 saturated heterocycles. The maximum absolute atomic E-state index is 14.6. The van der Waals surface area contributed by atoms with E-state index in [0.717, 1.165) is 37.9 Å². The molecule has 1 aromatic heterocycles. The minimum Gasteiger partial charge on any atom is -0.306 e. The Kier molecular flexibility index (Phi) is 5.47. The highest BCUT2D eigenvalue weighted by atomic mass is 35.5. The zero-order valence-corrected chi connectivity index (χ0v) is 16.6. The third-order valence-corrected chi connectivity index (χ3v) is 5.78. The maximum atomic E-state index is 14.6. The molecule has 0 radical (unpaired) electrons. The molecule has 0 bridgehead atoms. The quantitative estimate of drug-likeness (QED) is 0.653.